The van der Waals surface area contributed by atoms with Gasteiger partial charge >= 0.3 is 0 Å². The summed E-state index contributed by atoms with van der Waals surface area (Å²) in [6, 6.07) is 14.3. The molecule has 30 heavy (non-hydrogen) atoms. The summed E-state index contributed by atoms with van der Waals surface area (Å²) in [5.74, 6) is 5.70. The van der Waals surface area contributed by atoms with Crippen LogP contribution in [0.25, 0.3) is 21.3 Å². The molecule has 0 fully saturated rings. The van der Waals surface area contributed by atoms with Crippen LogP contribution in [0.4, 0.5) is 5.69 Å². The van der Waals surface area contributed by atoms with E-state index in [-0.39, 0.29) is 22.4 Å². The molecule has 0 aliphatic rings. The fourth-order valence-corrected chi connectivity index (χ4v) is 5.10. The number of nitrogens with zero attached hydrogens (tertiary/aromatic N) is 2. The molecule has 0 spiro atoms. The second-order valence-electron chi connectivity index (χ2n) is 6.26. The highest BCUT2D eigenvalue weighted by Crippen LogP contribution is 2.31. The first-order valence-electron chi connectivity index (χ1n) is 8.66. The highest BCUT2D eigenvalue weighted by molar-refractivity contribution is 7.99. The van der Waals surface area contributed by atoms with E-state index in [0.717, 1.165) is 27.6 Å². The van der Waals surface area contributed by atoms with Crippen LogP contribution >= 0.6 is 46.3 Å². The number of rotatable bonds is 5. The summed E-state index contributed by atoms with van der Waals surface area (Å²) in [5.41, 5.74) is 1.84. The summed E-state index contributed by atoms with van der Waals surface area (Å²) in [5, 5.41) is 6.16. The minimum Gasteiger partial charge on any atom is -0.334 e. The first-order valence-corrected chi connectivity index (χ1v) is 11.3. The Labute approximate surface area is 189 Å². The Kier molecular flexibility index (Phi) is 6.01. The topological polar surface area (TPSA) is 90.0 Å². The minimum atomic E-state index is -0.357. The average molecular weight is 477 g/mol. The first-order chi connectivity index (χ1) is 14.4. The molecule has 1 amide bonds. The predicted octanol–water partition coefficient (Wildman–Crippen LogP) is 4.88. The molecule has 2 aromatic carbocycles. The van der Waals surface area contributed by atoms with Crippen LogP contribution in [0.1, 0.15) is 0 Å². The van der Waals surface area contributed by atoms with Crippen molar-refractivity contribution in [2.45, 2.75) is 5.16 Å². The molecule has 0 unspecified atom stereocenters. The number of halogens is 2. The van der Waals surface area contributed by atoms with Gasteiger partial charge < -0.3 is 11.2 Å². The van der Waals surface area contributed by atoms with Crippen molar-refractivity contribution >= 4 is 68.1 Å². The lowest BCUT2D eigenvalue weighted by Gasteiger charge is -2.09. The van der Waals surface area contributed by atoms with Crippen molar-refractivity contribution < 1.29 is 4.79 Å². The number of hydrogen-bond acceptors (Lipinski definition) is 6. The number of carbonyl (C=O) groups is 1. The lowest BCUT2D eigenvalue weighted by molar-refractivity contribution is -0.113. The highest BCUT2D eigenvalue weighted by Gasteiger charge is 2.17. The number of thioether (sulfide) groups is 1. The van der Waals surface area contributed by atoms with Crippen LogP contribution < -0.4 is 16.7 Å². The number of nitrogens with two attached hydrogens (primary N) is 1. The van der Waals surface area contributed by atoms with Crippen molar-refractivity contribution in [1.29, 1.82) is 0 Å². The molecule has 0 bridgehead atoms. The number of amides is 1. The number of nitrogens with one attached hydrogen (secondary N) is 1. The molecule has 0 radical (unpaired) electrons. The van der Waals surface area contributed by atoms with Gasteiger partial charge in [-0.15, -0.1) is 11.3 Å². The highest BCUT2D eigenvalue weighted by atomic mass is 35.5. The fourth-order valence-electron chi connectivity index (χ4n) is 2.87. The largest absolute Gasteiger partial charge is 0.334 e. The fraction of sp³-hybridized carbons (Fsp3) is 0.0500. The third-order valence-electron chi connectivity index (χ3n) is 4.17. The van der Waals surface area contributed by atoms with Crippen molar-refractivity contribution in [3.05, 3.63) is 74.3 Å². The standard InChI is InChI=1S/C20H14Cl2N4O2S2/c21-12-6-13(22)8-14(7-12)24-16(27)10-30-20-25-18-17(19(28)26(20)23)15(9-29-18)11-4-2-1-3-5-11/h1-9H,10,23H2,(H,24,27). The molecule has 3 N–H and O–H groups in total. The van der Waals surface area contributed by atoms with Crippen LogP contribution in [-0.4, -0.2) is 21.3 Å². The number of thiophene rings is 1. The van der Waals surface area contributed by atoms with Gasteiger partial charge in [-0.2, -0.15) is 0 Å². The number of hydrogen-bond donors (Lipinski definition) is 2. The van der Waals surface area contributed by atoms with E-state index in [0.29, 0.717) is 25.9 Å². The van der Waals surface area contributed by atoms with Gasteiger partial charge in [0.2, 0.25) is 5.91 Å². The zero-order chi connectivity index (χ0) is 21.3. The predicted molar refractivity (Wildman–Crippen MR) is 125 cm³/mol. The number of benzene rings is 2. The van der Waals surface area contributed by atoms with E-state index < -0.39 is 0 Å². The number of anilines is 1. The monoisotopic (exact) mass is 476 g/mol. The van der Waals surface area contributed by atoms with Crippen molar-refractivity contribution in [2.75, 3.05) is 16.9 Å². The third kappa shape index (κ3) is 4.32. The Morgan fingerprint density at radius 2 is 1.87 bits per heavy atom. The van der Waals surface area contributed by atoms with E-state index in [4.69, 9.17) is 29.0 Å². The SMILES string of the molecule is Nn1c(SCC(=O)Nc2cc(Cl)cc(Cl)c2)nc2scc(-c3ccccc3)c2c1=O. The van der Waals surface area contributed by atoms with Crippen LogP contribution in [0, 0.1) is 0 Å². The normalized spacial score (nSPS) is 11.0. The smallest absolute Gasteiger partial charge is 0.282 e. The van der Waals surface area contributed by atoms with Crippen molar-refractivity contribution in [1.82, 2.24) is 9.66 Å². The molecule has 4 rings (SSSR count). The number of carbonyl (C=O) groups excluding carboxylic acids is 1. The Hall–Kier alpha value is -2.52. The maximum atomic E-state index is 12.9. The molecule has 0 atom stereocenters. The van der Waals surface area contributed by atoms with E-state index in [1.807, 2.05) is 35.7 Å². The summed E-state index contributed by atoms with van der Waals surface area (Å²) in [6.45, 7) is 0. The molecule has 6 nitrogen and oxygen atoms in total. The molecule has 0 aliphatic heterocycles. The number of aromatic nitrogens is 2. The van der Waals surface area contributed by atoms with Gasteiger partial charge in [-0.05, 0) is 23.8 Å². The van der Waals surface area contributed by atoms with Crippen molar-refractivity contribution in [3.8, 4) is 11.1 Å². The quantitative estimate of drug-likeness (QED) is 0.243. The summed E-state index contributed by atoms with van der Waals surface area (Å²) >= 11 is 14.3. The summed E-state index contributed by atoms with van der Waals surface area (Å²) in [7, 11) is 0. The van der Waals surface area contributed by atoms with E-state index in [2.05, 4.69) is 10.3 Å². The molecule has 0 saturated heterocycles. The number of fused-ring (bicyclic) bond motifs is 1. The molecule has 0 aliphatic carbocycles. The van der Waals surface area contributed by atoms with Crippen LogP contribution in [0.5, 0.6) is 0 Å². The van der Waals surface area contributed by atoms with Crippen LogP contribution in [0.2, 0.25) is 10.0 Å². The zero-order valence-electron chi connectivity index (χ0n) is 15.3. The second kappa shape index (κ2) is 8.69. The van der Waals surface area contributed by atoms with E-state index in [9.17, 15) is 9.59 Å². The summed E-state index contributed by atoms with van der Waals surface area (Å²) < 4.78 is 0.982. The third-order valence-corrected chi connectivity index (χ3v) is 6.43. The maximum absolute atomic E-state index is 12.9. The van der Waals surface area contributed by atoms with Gasteiger partial charge in [-0.3, -0.25) is 9.59 Å². The van der Waals surface area contributed by atoms with E-state index in [1.54, 1.807) is 18.2 Å². The lowest BCUT2D eigenvalue weighted by Crippen LogP contribution is -2.30. The van der Waals surface area contributed by atoms with Gasteiger partial charge in [-0.25, -0.2) is 9.66 Å². The molecule has 2 heterocycles. The first kappa shape index (κ1) is 20.7. The Balaban J connectivity index is 1.56. The number of nitrogen functional groups attached to an aromatic ring is 1. The molecule has 10 heteroatoms. The van der Waals surface area contributed by atoms with Crippen LogP contribution in [-0.2, 0) is 4.79 Å². The van der Waals surface area contributed by atoms with Gasteiger partial charge in [0.15, 0.2) is 5.16 Å². The van der Waals surface area contributed by atoms with Gasteiger partial charge in [0.1, 0.15) is 4.83 Å². The van der Waals surface area contributed by atoms with E-state index in [1.165, 1.54) is 11.3 Å². The average Bonchev–Trinajstić information content (AvgIpc) is 3.13. The van der Waals surface area contributed by atoms with Gasteiger partial charge in [0, 0.05) is 26.7 Å². The molecule has 0 saturated carbocycles. The van der Waals surface area contributed by atoms with E-state index >= 15 is 0 Å². The maximum Gasteiger partial charge on any atom is 0.282 e. The molecule has 4 aromatic rings. The molecular formula is C20H14Cl2N4O2S2. The molecule has 152 valence electrons. The van der Waals surface area contributed by atoms with Crippen LogP contribution in [0.15, 0.2) is 63.9 Å². The van der Waals surface area contributed by atoms with Crippen molar-refractivity contribution in [3.63, 3.8) is 0 Å². The summed E-state index contributed by atoms with van der Waals surface area (Å²) in [4.78, 5) is 30.2. The molecular weight excluding hydrogens is 463 g/mol. The lowest BCUT2D eigenvalue weighted by atomic mass is 10.1. The Bertz CT molecular complexity index is 1290. The zero-order valence-corrected chi connectivity index (χ0v) is 18.4. The minimum absolute atomic E-state index is 0.0101. The Morgan fingerprint density at radius 1 is 1.17 bits per heavy atom. The van der Waals surface area contributed by atoms with Gasteiger partial charge in [0.25, 0.3) is 5.56 Å². The van der Waals surface area contributed by atoms with Crippen molar-refractivity contribution in [2.24, 2.45) is 0 Å². The molecule has 2 aromatic heterocycles. The van der Waals surface area contributed by atoms with Gasteiger partial charge in [0.05, 0.1) is 11.1 Å². The second-order valence-corrected chi connectivity index (χ2v) is 8.93. The summed E-state index contributed by atoms with van der Waals surface area (Å²) in [6.07, 6.45) is 0. The van der Waals surface area contributed by atoms with Gasteiger partial charge in [-0.1, -0.05) is 65.3 Å². The van der Waals surface area contributed by atoms with Crippen LogP contribution in [0.3, 0.4) is 0 Å². The Morgan fingerprint density at radius 3 is 2.57 bits per heavy atom.